The molecule has 35 heavy (non-hydrogen) atoms. The van der Waals surface area contributed by atoms with Crippen LogP contribution < -0.4 is 10.1 Å². The third kappa shape index (κ3) is 8.06. The lowest BCUT2D eigenvalue weighted by molar-refractivity contribution is -0.143. The van der Waals surface area contributed by atoms with Crippen LogP contribution in [0.5, 0.6) is 5.75 Å². The van der Waals surface area contributed by atoms with Crippen LogP contribution in [0.25, 0.3) is 0 Å². The largest absolute Gasteiger partial charge is 0.484 e. The van der Waals surface area contributed by atoms with Crippen LogP contribution in [0.1, 0.15) is 31.4 Å². The highest BCUT2D eigenvalue weighted by molar-refractivity contribution is 14.1. The minimum Gasteiger partial charge on any atom is -0.484 e. The fraction of sp³-hybridized carbons (Fsp3) is 0.286. The van der Waals surface area contributed by atoms with E-state index in [0.29, 0.717) is 17.7 Å². The number of halogens is 2. The first-order valence-corrected chi connectivity index (χ1v) is 12.7. The summed E-state index contributed by atoms with van der Waals surface area (Å²) >= 11 is 2.19. The average Bonchev–Trinajstić information content (AvgIpc) is 2.87. The van der Waals surface area contributed by atoms with Crippen LogP contribution in [0.4, 0.5) is 4.39 Å². The van der Waals surface area contributed by atoms with Crippen LogP contribution in [-0.4, -0.2) is 35.4 Å². The van der Waals surface area contributed by atoms with Gasteiger partial charge >= 0.3 is 0 Å². The standard InChI is InChI=1S/C28H30FIN2O3/c1-3-20(2)31-28(34)26(17-21-9-5-4-6-10-21)32(18-22-11-7-8-12-25(22)29)27(33)19-35-24-15-13-23(30)14-16-24/h4-16,20,26H,3,17-19H2,1-2H3,(H,31,34). The first-order valence-electron chi connectivity index (χ1n) is 11.6. The van der Waals surface area contributed by atoms with Crippen LogP contribution in [-0.2, 0) is 22.6 Å². The molecule has 0 heterocycles. The second-order valence-corrected chi connectivity index (χ2v) is 9.62. The Hall–Kier alpha value is -2.94. The molecule has 0 aliphatic carbocycles. The zero-order valence-corrected chi connectivity index (χ0v) is 22.1. The smallest absolute Gasteiger partial charge is 0.261 e. The van der Waals surface area contributed by atoms with Crippen molar-refractivity contribution in [2.24, 2.45) is 0 Å². The summed E-state index contributed by atoms with van der Waals surface area (Å²) in [4.78, 5) is 28.3. The monoisotopic (exact) mass is 588 g/mol. The van der Waals surface area contributed by atoms with Gasteiger partial charge in [0.2, 0.25) is 5.91 Å². The molecule has 5 nitrogen and oxygen atoms in total. The molecule has 2 unspecified atom stereocenters. The Morgan fingerprint density at radius 2 is 1.66 bits per heavy atom. The highest BCUT2D eigenvalue weighted by atomic mass is 127. The topological polar surface area (TPSA) is 58.6 Å². The van der Waals surface area contributed by atoms with Gasteiger partial charge in [-0.15, -0.1) is 0 Å². The molecule has 0 saturated carbocycles. The molecule has 0 bridgehead atoms. The van der Waals surface area contributed by atoms with Gasteiger partial charge in [0.25, 0.3) is 5.91 Å². The maximum absolute atomic E-state index is 14.6. The Morgan fingerprint density at radius 3 is 2.31 bits per heavy atom. The maximum atomic E-state index is 14.6. The molecule has 0 radical (unpaired) electrons. The average molecular weight is 588 g/mol. The third-order valence-corrected chi connectivity index (χ3v) is 6.47. The van der Waals surface area contributed by atoms with Crippen molar-refractivity contribution in [1.82, 2.24) is 10.2 Å². The normalized spacial score (nSPS) is 12.5. The highest BCUT2D eigenvalue weighted by Crippen LogP contribution is 2.18. The first kappa shape index (κ1) is 26.7. The van der Waals surface area contributed by atoms with Gasteiger partial charge in [-0.3, -0.25) is 9.59 Å². The molecule has 0 aliphatic rings. The molecule has 3 aromatic rings. The molecule has 2 amide bonds. The van der Waals surface area contributed by atoms with E-state index in [2.05, 4.69) is 27.9 Å². The third-order valence-electron chi connectivity index (χ3n) is 5.75. The number of hydrogen-bond donors (Lipinski definition) is 1. The molecule has 0 aliphatic heterocycles. The summed E-state index contributed by atoms with van der Waals surface area (Å²) in [6, 6.07) is 22.2. The predicted molar refractivity (Wildman–Crippen MR) is 143 cm³/mol. The van der Waals surface area contributed by atoms with E-state index in [9.17, 15) is 14.0 Å². The molecule has 7 heteroatoms. The van der Waals surface area contributed by atoms with E-state index in [-0.39, 0.29) is 25.1 Å². The van der Waals surface area contributed by atoms with Crippen LogP contribution in [0.15, 0.2) is 78.9 Å². The molecule has 0 fully saturated rings. The van der Waals surface area contributed by atoms with Crippen molar-refractivity contribution in [2.75, 3.05) is 6.61 Å². The van der Waals surface area contributed by atoms with Crippen molar-refractivity contribution >= 4 is 34.4 Å². The van der Waals surface area contributed by atoms with Crippen molar-refractivity contribution in [3.05, 3.63) is 99.4 Å². The van der Waals surface area contributed by atoms with Gasteiger partial charge in [-0.05, 0) is 71.8 Å². The zero-order chi connectivity index (χ0) is 25.2. The Morgan fingerprint density at radius 1 is 1.00 bits per heavy atom. The van der Waals surface area contributed by atoms with Gasteiger partial charge in [0.05, 0.1) is 0 Å². The fourth-order valence-electron chi connectivity index (χ4n) is 3.56. The number of benzene rings is 3. The second-order valence-electron chi connectivity index (χ2n) is 8.38. The fourth-order valence-corrected chi connectivity index (χ4v) is 3.92. The molecule has 0 saturated heterocycles. The Kier molecular flexibility index (Phi) is 10.1. The minimum atomic E-state index is -0.834. The number of ether oxygens (including phenoxy) is 1. The van der Waals surface area contributed by atoms with Gasteiger partial charge in [0, 0.05) is 28.1 Å². The Bertz CT molecular complexity index is 1110. The highest BCUT2D eigenvalue weighted by Gasteiger charge is 2.31. The van der Waals surface area contributed by atoms with E-state index >= 15 is 0 Å². The molecule has 0 spiro atoms. The van der Waals surface area contributed by atoms with Gasteiger partial charge in [-0.25, -0.2) is 4.39 Å². The van der Waals surface area contributed by atoms with Gasteiger partial charge in [0.1, 0.15) is 17.6 Å². The lowest BCUT2D eigenvalue weighted by Gasteiger charge is -2.32. The van der Waals surface area contributed by atoms with Gasteiger partial charge < -0.3 is 15.0 Å². The maximum Gasteiger partial charge on any atom is 0.261 e. The summed E-state index contributed by atoms with van der Waals surface area (Å²) in [5.74, 6) is -0.549. The van der Waals surface area contributed by atoms with Crippen molar-refractivity contribution < 1.29 is 18.7 Å². The molecule has 0 aromatic heterocycles. The zero-order valence-electron chi connectivity index (χ0n) is 19.9. The lowest BCUT2D eigenvalue weighted by atomic mass is 10.0. The van der Waals surface area contributed by atoms with E-state index in [1.807, 2.05) is 56.3 Å². The first-order chi connectivity index (χ1) is 16.9. The number of carbonyl (C=O) groups excluding carboxylic acids is 2. The Balaban J connectivity index is 1.91. The van der Waals surface area contributed by atoms with Crippen LogP contribution in [0, 0.1) is 9.39 Å². The summed E-state index contributed by atoms with van der Waals surface area (Å²) in [5, 5.41) is 3.00. The summed E-state index contributed by atoms with van der Waals surface area (Å²) < 4.78 is 21.4. The summed E-state index contributed by atoms with van der Waals surface area (Å²) in [6.07, 6.45) is 1.05. The quantitative estimate of drug-likeness (QED) is 0.307. The molecular weight excluding hydrogens is 558 g/mol. The number of carbonyl (C=O) groups is 2. The number of rotatable bonds is 11. The van der Waals surface area contributed by atoms with Crippen LogP contribution >= 0.6 is 22.6 Å². The van der Waals surface area contributed by atoms with Crippen molar-refractivity contribution in [3.63, 3.8) is 0 Å². The van der Waals surface area contributed by atoms with E-state index in [4.69, 9.17) is 4.74 Å². The molecule has 1 N–H and O–H groups in total. The van der Waals surface area contributed by atoms with E-state index in [1.54, 1.807) is 30.3 Å². The molecule has 3 rings (SSSR count). The molecule has 184 valence electrons. The van der Waals surface area contributed by atoms with E-state index in [1.165, 1.54) is 11.0 Å². The lowest BCUT2D eigenvalue weighted by Crippen LogP contribution is -2.53. The summed E-state index contributed by atoms with van der Waals surface area (Å²) in [6.45, 7) is 3.58. The number of nitrogens with one attached hydrogen (secondary N) is 1. The predicted octanol–water partition coefficient (Wildman–Crippen LogP) is 5.36. The second kappa shape index (κ2) is 13.2. The van der Waals surface area contributed by atoms with E-state index in [0.717, 1.165) is 15.6 Å². The van der Waals surface area contributed by atoms with Gasteiger partial charge in [-0.1, -0.05) is 55.5 Å². The van der Waals surface area contributed by atoms with Crippen molar-refractivity contribution in [3.8, 4) is 5.75 Å². The SMILES string of the molecule is CCC(C)NC(=O)C(Cc1ccccc1)N(Cc1ccccc1F)C(=O)COc1ccc(I)cc1. The van der Waals surface area contributed by atoms with Gasteiger partial charge in [0.15, 0.2) is 6.61 Å². The van der Waals surface area contributed by atoms with Crippen molar-refractivity contribution in [2.45, 2.75) is 45.3 Å². The van der Waals surface area contributed by atoms with E-state index < -0.39 is 17.8 Å². The van der Waals surface area contributed by atoms with Crippen LogP contribution in [0.2, 0.25) is 0 Å². The Labute approximate surface area is 219 Å². The summed E-state index contributed by atoms with van der Waals surface area (Å²) in [5.41, 5.74) is 1.24. The summed E-state index contributed by atoms with van der Waals surface area (Å²) in [7, 11) is 0. The number of amides is 2. The van der Waals surface area contributed by atoms with Gasteiger partial charge in [-0.2, -0.15) is 0 Å². The number of nitrogens with zero attached hydrogens (tertiary/aromatic N) is 1. The van der Waals surface area contributed by atoms with Crippen molar-refractivity contribution in [1.29, 1.82) is 0 Å². The minimum absolute atomic E-state index is 0.0486. The molecular formula is C28H30FIN2O3. The number of hydrogen-bond acceptors (Lipinski definition) is 3. The van der Waals surface area contributed by atoms with Crippen LogP contribution in [0.3, 0.4) is 0 Å². The molecule has 2 atom stereocenters. The molecule has 3 aromatic carbocycles.